The summed E-state index contributed by atoms with van der Waals surface area (Å²) in [4.78, 5) is 23.2. The summed E-state index contributed by atoms with van der Waals surface area (Å²) in [6.45, 7) is 0.0180. The van der Waals surface area contributed by atoms with Crippen molar-refractivity contribution in [3.05, 3.63) is 28.7 Å². The van der Waals surface area contributed by atoms with Crippen LogP contribution in [-0.4, -0.2) is 55.3 Å². The minimum atomic E-state index is -1.10. The van der Waals surface area contributed by atoms with Gasteiger partial charge in [0, 0.05) is 11.5 Å². The maximum absolute atomic E-state index is 11.6. The van der Waals surface area contributed by atoms with Crippen molar-refractivity contribution in [1.82, 2.24) is 4.90 Å². The molecule has 7 heteroatoms. The number of benzene rings is 1. The summed E-state index contributed by atoms with van der Waals surface area (Å²) in [5, 5.41) is 8.38. The number of amides is 1. The van der Waals surface area contributed by atoms with Gasteiger partial charge in [-0.3, -0.25) is 4.79 Å². The molecule has 1 rings (SSSR count). The average Bonchev–Trinajstić information content (AvgIpc) is 2.40. The predicted molar refractivity (Wildman–Crippen MR) is 75.7 cm³/mol. The molecule has 1 amide bonds. The van der Waals surface area contributed by atoms with Gasteiger partial charge in [0.05, 0.1) is 6.54 Å². The fraction of sp³-hybridized carbons (Fsp3) is 0.385. The quantitative estimate of drug-likeness (QED) is 0.770. The van der Waals surface area contributed by atoms with Crippen LogP contribution in [-0.2, 0) is 14.3 Å². The van der Waals surface area contributed by atoms with Gasteiger partial charge in [0.2, 0.25) is 5.91 Å². The molecule has 6 nitrogen and oxygen atoms in total. The van der Waals surface area contributed by atoms with Gasteiger partial charge in [-0.1, -0.05) is 15.9 Å². The number of rotatable bonds is 8. The molecule has 20 heavy (non-hydrogen) atoms. The first kappa shape index (κ1) is 16.5. The van der Waals surface area contributed by atoms with E-state index in [1.165, 1.54) is 4.90 Å². The van der Waals surface area contributed by atoms with E-state index in [1.807, 2.05) is 24.3 Å². The number of carboxylic acids is 1. The summed E-state index contributed by atoms with van der Waals surface area (Å²) >= 11 is 3.33. The van der Waals surface area contributed by atoms with Crippen LogP contribution in [0.15, 0.2) is 28.7 Å². The van der Waals surface area contributed by atoms with Crippen LogP contribution < -0.4 is 4.74 Å². The van der Waals surface area contributed by atoms with E-state index < -0.39 is 12.6 Å². The van der Waals surface area contributed by atoms with E-state index in [4.69, 9.17) is 14.6 Å². The number of hydrogen-bond acceptors (Lipinski definition) is 4. The highest BCUT2D eigenvalue weighted by atomic mass is 79.9. The van der Waals surface area contributed by atoms with Crippen molar-refractivity contribution in [3.8, 4) is 5.75 Å². The first-order valence-electron chi connectivity index (χ1n) is 5.91. The van der Waals surface area contributed by atoms with E-state index in [0.717, 1.165) is 10.2 Å². The summed E-state index contributed by atoms with van der Waals surface area (Å²) < 4.78 is 11.2. The van der Waals surface area contributed by atoms with Crippen LogP contribution in [0.2, 0.25) is 0 Å². The van der Waals surface area contributed by atoms with Crippen LogP contribution in [0.1, 0.15) is 0 Å². The average molecular weight is 346 g/mol. The highest BCUT2D eigenvalue weighted by molar-refractivity contribution is 9.10. The Morgan fingerprint density at radius 1 is 1.25 bits per heavy atom. The Kier molecular flexibility index (Phi) is 7.03. The number of carbonyl (C=O) groups is 2. The number of carboxylic acid groups (broad SMARTS) is 1. The third kappa shape index (κ3) is 6.53. The molecule has 0 aliphatic heterocycles. The number of carbonyl (C=O) groups excluding carboxylic acids is 1. The predicted octanol–water partition coefficient (Wildman–Crippen LogP) is 1.39. The second-order valence-electron chi connectivity index (χ2n) is 4.00. The second-order valence-corrected chi connectivity index (χ2v) is 4.92. The van der Waals surface area contributed by atoms with E-state index >= 15 is 0 Å². The zero-order chi connectivity index (χ0) is 15.0. The topological polar surface area (TPSA) is 76.1 Å². The van der Waals surface area contributed by atoms with Gasteiger partial charge in [0.25, 0.3) is 0 Å². The number of ether oxygens (including phenoxy) is 2. The fourth-order valence-electron chi connectivity index (χ4n) is 1.29. The molecule has 0 atom stereocenters. The molecule has 0 bridgehead atoms. The highest BCUT2D eigenvalue weighted by Crippen LogP contribution is 2.15. The van der Waals surface area contributed by atoms with E-state index in [9.17, 15) is 9.59 Å². The van der Waals surface area contributed by atoms with Gasteiger partial charge in [-0.15, -0.1) is 0 Å². The van der Waals surface area contributed by atoms with Crippen molar-refractivity contribution in [2.45, 2.75) is 0 Å². The Morgan fingerprint density at radius 2 is 1.90 bits per heavy atom. The number of nitrogens with zero attached hydrogens (tertiary/aromatic N) is 1. The lowest BCUT2D eigenvalue weighted by atomic mass is 10.3. The minimum absolute atomic E-state index is 0.249. The molecule has 0 saturated carbocycles. The summed E-state index contributed by atoms with van der Waals surface area (Å²) in [5.74, 6) is -0.666. The summed E-state index contributed by atoms with van der Waals surface area (Å²) in [6, 6.07) is 7.37. The van der Waals surface area contributed by atoms with Crippen molar-refractivity contribution in [1.29, 1.82) is 0 Å². The molecular formula is C13H16BrNO5. The molecule has 110 valence electrons. The van der Waals surface area contributed by atoms with Crippen LogP contribution in [0.5, 0.6) is 5.75 Å². The van der Waals surface area contributed by atoms with Crippen LogP contribution >= 0.6 is 15.9 Å². The van der Waals surface area contributed by atoms with Crippen LogP contribution in [0.4, 0.5) is 0 Å². The maximum atomic E-state index is 11.6. The molecule has 0 spiro atoms. The lowest BCUT2D eigenvalue weighted by Crippen LogP contribution is -2.34. The smallest absolute Gasteiger partial charge is 0.329 e. The first-order valence-corrected chi connectivity index (χ1v) is 6.70. The second kappa shape index (κ2) is 8.55. The highest BCUT2D eigenvalue weighted by Gasteiger charge is 2.09. The molecule has 1 aromatic carbocycles. The van der Waals surface area contributed by atoms with Gasteiger partial charge in [-0.25, -0.2) is 4.79 Å². The van der Waals surface area contributed by atoms with E-state index in [0.29, 0.717) is 13.2 Å². The summed E-state index contributed by atoms with van der Waals surface area (Å²) in [5.41, 5.74) is 0. The van der Waals surface area contributed by atoms with Crippen molar-refractivity contribution >= 4 is 27.8 Å². The Balaban J connectivity index is 2.21. The summed E-state index contributed by atoms with van der Waals surface area (Å²) in [7, 11) is 1.61. The standard InChI is InChI=1S/C13H16BrNO5/c1-15(12(16)8-19-9-13(17)18)6-7-20-11-4-2-10(14)3-5-11/h2-5H,6-9H2,1H3,(H,17,18). The lowest BCUT2D eigenvalue weighted by molar-refractivity contribution is -0.145. The largest absolute Gasteiger partial charge is 0.492 e. The minimum Gasteiger partial charge on any atom is -0.492 e. The SMILES string of the molecule is CN(CCOc1ccc(Br)cc1)C(=O)COCC(=O)O. The summed E-state index contributed by atoms with van der Waals surface area (Å²) in [6.07, 6.45) is 0. The van der Waals surface area contributed by atoms with Gasteiger partial charge >= 0.3 is 5.97 Å². The molecule has 0 aromatic heterocycles. The number of halogens is 1. The van der Waals surface area contributed by atoms with Crippen molar-refractivity contribution < 1.29 is 24.2 Å². The van der Waals surface area contributed by atoms with Gasteiger partial charge in [0.15, 0.2) is 0 Å². The number of likely N-dealkylation sites (N-methyl/N-ethyl adjacent to an activating group) is 1. The molecule has 0 aliphatic carbocycles. The molecule has 0 aliphatic rings. The van der Waals surface area contributed by atoms with E-state index in [-0.39, 0.29) is 12.5 Å². The molecule has 1 aromatic rings. The molecule has 1 N–H and O–H groups in total. The van der Waals surface area contributed by atoms with Gasteiger partial charge in [-0.2, -0.15) is 0 Å². The zero-order valence-electron chi connectivity index (χ0n) is 11.0. The number of hydrogen-bond donors (Lipinski definition) is 1. The van der Waals surface area contributed by atoms with Crippen molar-refractivity contribution in [2.24, 2.45) is 0 Å². The van der Waals surface area contributed by atoms with Gasteiger partial charge in [-0.05, 0) is 24.3 Å². The number of aliphatic carboxylic acids is 1. The molecule has 0 saturated heterocycles. The van der Waals surface area contributed by atoms with Gasteiger partial charge < -0.3 is 19.5 Å². The Bertz CT molecular complexity index is 449. The lowest BCUT2D eigenvalue weighted by Gasteiger charge is -2.17. The maximum Gasteiger partial charge on any atom is 0.329 e. The Labute approximate surface area is 125 Å². The van der Waals surface area contributed by atoms with E-state index in [2.05, 4.69) is 15.9 Å². The Morgan fingerprint density at radius 3 is 2.50 bits per heavy atom. The molecule has 0 heterocycles. The molecule has 0 unspecified atom stereocenters. The normalized spacial score (nSPS) is 10.1. The Hall–Kier alpha value is -1.60. The molecular weight excluding hydrogens is 330 g/mol. The van der Waals surface area contributed by atoms with Crippen LogP contribution in [0.3, 0.4) is 0 Å². The molecule has 0 fully saturated rings. The van der Waals surface area contributed by atoms with Crippen LogP contribution in [0.25, 0.3) is 0 Å². The molecule has 0 radical (unpaired) electrons. The van der Waals surface area contributed by atoms with Crippen molar-refractivity contribution in [2.75, 3.05) is 33.4 Å². The monoisotopic (exact) mass is 345 g/mol. The van der Waals surface area contributed by atoms with E-state index in [1.54, 1.807) is 7.05 Å². The third-order valence-electron chi connectivity index (χ3n) is 2.39. The first-order chi connectivity index (χ1) is 9.49. The fourth-order valence-corrected chi connectivity index (χ4v) is 1.56. The van der Waals surface area contributed by atoms with Crippen molar-refractivity contribution in [3.63, 3.8) is 0 Å². The third-order valence-corrected chi connectivity index (χ3v) is 2.91. The van der Waals surface area contributed by atoms with Crippen LogP contribution in [0, 0.1) is 0 Å². The zero-order valence-corrected chi connectivity index (χ0v) is 12.6. The van der Waals surface area contributed by atoms with Gasteiger partial charge in [0.1, 0.15) is 25.6 Å².